The van der Waals surface area contributed by atoms with Crippen molar-refractivity contribution in [3.05, 3.63) is 74.2 Å². The molecule has 0 bridgehead atoms. The van der Waals surface area contributed by atoms with E-state index < -0.39 is 54.6 Å². The second kappa shape index (κ2) is 11.7. The summed E-state index contributed by atoms with van der Waals surface area (Å²) in [6, 6.07) is 6.01. The molecule has 1 N–H and O–H groups in total. The molecule has 0 saturated heterocycles. The average Bonchev–Trinajstić information content (AvgIpc) is 2.76. The quantitative estimate of drug-likeness (QED) is 0.282. The van der Waals surface area contributed by atoms with E-state index in [4.69, 9.17) is 34.8 Å². The van der Waals surface area contributed by atoms with Gasteiger partial charge >= 0.3 is 12.4 Å². The first kappa shape index (κ1) is 29.7. The van der Waals surface area contributed by atoms with E-state index in [-0.39, 0.29) is 26.2 Å². The van der Waals surface area contributed by atoms with E-state index in [9.17, 15) is 40.3 Å². The van der Waals surface area contributed by atoms with Gasteiger partial charge in [0.1, 0.15) is 18.3 Å². The van der Waals surface area contributed by atoms with E-state index in [1.807, 2.05) is 0 Å². The zero-order valence-corrected chi connectivity index (χ0v) is 20.3. The normalized spacial score (nSPS) is 13.4. The Balaban J connectivity index is 2.17. The minimum Gasteiger partial charge on any atom is -0.343 e. The van der Waals surface area contributed by atoms with E-state index >= 15 is 0 Å². The molecule has 0 aliphatic rings. The molecule has 2 aromatic carbocycles. The van der Waals surface area contributed by atoms with E-state index in [0.717, 1.165) is 43.4 Å². The number of alkyl halides is 6. The fraction of sp³-hybridized carbons (Fsp3) is 0.273. The summed E-state index contributed by atoms with van der Waals surface area (Å²) in [5.41, 5.74) is -0.859. The Kier molecular flexibility index (Phi) is 9.66. The number of carbonyl (C=O) groups is 2. The maximum absolute atomic E-state index is 14.7. The van der Waals surface area contributed by atoms with Crippen LogP contribution in [0.4, 0.5) is 30.7 Å². The van der Waals surface area contributed by atoms with Crippen LogP contribution in [0.25, 0.3) is 5.83 Å². The van der Waals surface area contributed by atoms with Crippen LogP contribution in [0.1, 0.15) is 27.4 Å². The van der Waals surface area contributed by atoms with E-state index in [2.05, 4.69) is 5.32 Å². The number of carbonyl (C=O) groups excluding carboxylic acids is 2. The third-order valence-electron chi connectivity index (χ3n) is 4.70. The van der Waals surface area contributed by atoms with Crippen molar-refractivity contribution in [2.45, 2.75) is 18.3 Å². The molecule has 14 heteroatoms. The van der Waals surface area contributed by atoms with Gasteiger partial charge in [-0.05, 0) is 35.9 Å². The third-order valence-corrected chi connectivity index (χ3v) is 5.89. The van der Waals surface area contributed by atoms with Gasteiger partial charge < -0.3 is 10.2 Å². The van der Waals surface area contributed by atoms with Gasteiger partial charge in [-0.1, -0.05) is 46.9 Å². The molecule has 0 aromatic heterocycles. The average molecular weight is 580 g/mol. The first-order valence-corrected chi connectivity index (χ1v) is 10.9. The highest BCUT2D eigenvalue weighted by Crippen LogP contribution is 2.42. The highest BCUT2D eigenvalue weighted by Gasteiger charge is 2.40. The minimum absolute atomic E-state index is 0.110. The number of hydrogen-bond donors (Lipinski definition) is 1. The van der Waals surface area contributed by atoms with Crippen LogP contribution in [-0.4, -0.2) is 49.2 Å². The van der Waals surface area contributed by atoms with E-state index in [1.54, 1.807) is 0 Å². The fourth-order valence-electron chi connectivity index (χ4n) is 2.91. The zero-order valence-electron chi connectivity index (χ0n) is 18.1. The van der Waals surface area contributed by atoms with Gasteiger partial charge in [0.25, 0.3) is 5.91 Å². The van der Waals surface area contributed by atoms with Gasteiger partial charge in [0, 0.05) is 18.2 Å². The molecule has 0 radical (unpaired) electrons. The van der Waals surface area contributed by atoms with Crippen molar-refractivity contribution < 1.29 is 40.3 Å². The lowest BCUT2D eigenvalue weighted by atomic mass is 9.96. The van der Waals surface area contributed by atoms with Gasteiger partial charge in [-0.3, -0.25) is 9.59 Å². The first-order chi connectivity index (χ1) is 16.5. The van der Waals surface area contributed by atoms with Crippen LogP contribution >= 0.6 is 34.8 Å². The SMILES string of the molecule is CN(CC(F)(F)F)C(=O)CNC(=O)c1ccc(C(F)=CC(c2cc(Cl)c(Cl)c(Cl)c2)C(F)(F)F)cc1. The summed E-state index contributed by atoms with van der Waals surface area (Å²) in [5, 5.41) is 1.46. The van der Waals surface area contributed by atoms with Crippen LogP contribution in [0.3, 0.4) is 0 Å². The largest absolute Gasteiger partial charge is 0.406 e. The molecule has 2 rings (SSSR count). The molecule has 36 heavy (non-hydrogen) atoms. The molecule has 4 nitrogen and oxygen atoms in total. The number of nitrogens with one attached hydrogen (secondary N) is 1. The van der Waals surface area contributed by atoms with Crippen molar-refractivity contribution in [3.8, 4) is 0 Å². The first-order valence-electron chi connectivity index (χ1n) is 9.77. The van der Waals surface area contributed by atoms with E-state index in [1.165, 1.54) is 0 Å². The Bertz CT molecular complexity index is 1130. The molecule has 0 heterocycles. The Hall–Kier alpha value is -2.50. The number of allylic oxidation sites excluding steroid dienone is 1. The molecule has 2 amide bonds. The number of halogens is 10. The molecular formula is C22H16Cl3F7N2O2. The summed E-state index contributed by atoms with van der Waals surface area (Å²) >= 11 is 17.3. The number of likely N-dealkylation sites (N-methyl/N-ethyl adjacent to an activating group) is 1. The van der Waals surface area contributed by atoms with Crippen molar-refractivity contribution in [2.75, 3.05) is 20.1 Å². The van der Waals surface area contributed by atoms with Crippen molar-refractivity contribution in [2.24, 2.45) is 0 Å². The molecule has 196 valence electrons. The summed E-state index contributed by atoms with van der Waals surface area (Å²) in [4.78, 5) is 24.2. The maximum atomic E-state index is 14.7. The monoisotopic (exact) mass is 578 g/mol. The van der Waals surface area contributed by atoms with Gasteiger partial charge in [-0.25, -0.2) is 4.39 Å². The molecular weight excluding hydrogens is 564 g/mol. The molecule has 2 aromatic rings. The third kappa shape index (κ3) is 8.28. The lowest BCUT2D eigenvalue weighted by molar-refractivity contribution is -0.157. The molecule has 0 aliphatic heterocycles. The van der Waals surface area contributed by atoms with Crippen molar-refractivity contribution in [3.63, 3.8) is 0 Å². The topological polar surface area (TPSA) is 49.4 Å². The van der Waals surface area contributed by atoms with Crippen molar-refractivity contribution in [1.29, 1.82) is 0 Å². The van der Waals surface area contributed by atoms with Gasteiger partial charge in [0.05, 0.1) is 21.6 Å². The molecule has 0 aliphatic carbocycles. The van der Waals surface area contributed by atoms with Crippen molar-refractivity contribution >= 4 is 52.4 Å². The lowest BCUT2D eigenvalue weighted by Crippen LogP contribution is -2.42. The minimum atomic E-state index is -4.91. The highest BCUT2D eigenvalue weighted by molar-refractivity contribution is 6.48. The highest BCUT2D eigenvalue weighted by atomic mass is 35.5. The zero-order chi connectivity index (χ0) is 27.4. The number of hydrogen-bond acceptors (Lipinski definition) is 2. The summed E-state index contributed by atoms with van der Waals surface area (Å²) in [6.45, 7) is -2.24. The molecule has 1 unspecified atom stereocenters. The van der Waals surface area contributed by atoms with Crippen LogP contribution in [-0.2, 0) is 4.79 Å². The van der Waals surface area contributed by atoms with E-state index in [0.29, 0.717) is 11.0 Å². The Morgan fingerprint density at radius 3 is 1.94 bits per heavy atom. The summed E-state index contributed by atoms with van der Waals surface area (Å²) in [5.74, 6) is -5.56. The molecule has 0 fully saturated rings. The standard InChI is InChI=1S/C22H16Cl3F7N2O2/c1-34(10-21(27,28)29)18(35)9-33-20(36)12-4-2-11(3-5-12)17(26)8-14(22(30,31)32)13-6-15(23)19(25)16(24)7-13/h2-8,14H,9-10H2,1H3,(H,33,36). The summed E-state index contributed by atoms with van der Waals surface area (Å²) in [6.07, 6.45) is -9.22. The number of amides is 2. The van der Waals surface area contributed by atoms with Crippen LogP contribution in [0.5, 0.6) is 0 Å². The Labute approximate surface area is 215 Å². The van der Waals surface area contributed by atoms with Gasteiger partial charge in [-0.15, -0.1) is 0 Å². The lowest BCUT2D eigenvalue weighted by Gasteiger charge is -2.19. The number of nitrogens with zero attached hydrogens (tertiary/aromatic N) is 1. The number of benzene rings is 2. The van der Waals surface area contributed by atoms with Crippen LogP contribution in [0.15, 0.2) is 42.5 Å². The second-order valence-electron chi connectivity index (χ2n) is 7.46. The van der Waals surface area contributed by atoms with Crippen LogP contribution < -0.4 is 5.32 Å². The number of rotatable bonds is 7. The van der Waals surface area contributed by atoms with Crippen LogP contribution in [0, 0.1) is 0 Å². The second-order valence-corrected chi connectivity index (χ2v) is 8.65. The predicted molar refractivity (Wildman–Crippen MR) is 122 cm³/mol. The van der Waals surface area contributed by atoms with Gasteiger partial charge in [-0.2, -0.15) is 26.3 Å². The Morgan fingerprint density at radius 1 is 0.972 bits per heavy atom. The molecule has 0 spiro atoms. The van der Waals surface area contributed by atoms with Crippen LogP contribution in [0.2, 0.25) is 15.1 Å². The van der Waals surface area contributed by atoms with Gasteiger partial charge in [0.2, 0.25) is 5.91 Å². The maximum Gasteiger partial charge on any atom is 0.406 e. The smallest absolute Gasteiger partial charge is 0.343 e. The summed E-state index contributed by atoms with van der Waals surface area (Å²) < 4.78 is 92.6. The summed E-state index contributed by atoms with van der Waals surface area (Å²) in [7, 11) is 0.909. The predicted octanol–water partition coefficient (Wildman–Crippen LogP) is 7.05. The molecule has 0 saturated carbocycles. The van der Waals surface area contributed by atoms with Gasteiger partial charge in [0.15, 0.2) is 0 Å². The van der Waals surface area contributed by atoms with Crippen molar-refractivity contribution in [1.82, 2.24) is 10.2 Å². The Morgan fingerprint density at radius 2 is 1.47 bits per heavy atom. The fourth-order valence-corrected chi connectivity index (χ4v) is 3.52. The molecule has 1 atom stereocenters.